The molecule has 0 radical (unpaired) electrons. The zero-order valence-corrected chi connectivity index (χ0v) is 25.6. The Labute approximate surface area is 279 Å². The molecule has 3 aromatic carbocycles. The third-order valence-electron chi connectivity index (χ3n) is 6.95. The van der Waals surface area contributed by atoms with Crippen LogP contribution in [0.3, 0.4) is 0 Å². The monoisotopic (exact) mass is 670 g/mol. The second kappa shape index (κ2) is 14.5. The molecular formula is C33H28Cl2N8O4. The smallest absolute Gasteiger partial charge is 0.258 e. The molecule has 14 heteroatoms. The number of aromatic nitrogens is 8. The summed E-state index contributed by atoms with van der Waals surface area (Å²) in [5.74, 6) is 4.62. The molecule has 7 aromatic rings. The minimum atomic E-state index is 0. The Kier molecular flexibility index (Phi) is 9.79. The number of rotatable bonds is 12. The van der Waals surface area contributed by atoms with Gasteiger partial charge in [0.25, 0.3) is 11.8 Å². The van der Waals surface area contributed by atoms with E-state index in [2.05, 4.69) is 40.6 Å². The van der Waals surface area contributed by atoms with Gasteiger partial charge < -0.3 is 18.1 Å². The quantitative estimate of drug-likeness (QED) is 0.115. The van der Waals surface area contributed by atoms with E-state index < -0.39 is 0 Å². The van der Waals surface area contributed by atoms with Crippen molar-refractivity contribution in [3.63, 3.8) is 0 Å². The number of aryl methyl sites for hydroxylation is 2. The third-order valence-corrected chi connectivity index (χ3v) is 7.49. The summed E-state index contributed by atoms with van der Waals surface area (Å²) in [6.07, 6.45) is 2.77. The van der Waals surface area contributed by atoms with E-state index in [0.717, 1.165) is 46.2 Å². The topological polar surface area (TPSA) is 156 Å². The molecule has 0 N–H and O–H groups in total. The maximum Gasteiger partial charge on any atom is 0.258 e. The number of halogens is 2. The highest BCUT2D eigenvalue weighted by Gasteiger charge is 2.17. The van der Waals surface area contributed by atoms with Crippen LogP contribution < -0.4 is 0 Å². The Hall–Kier alpha value is -5.20. The average molecular weight is 672 g/mol. The fourth-order valence-corrected chi connectivity index (χ4v) is 4.95. The molecule has 0 spiro atoms. The third kappa shape index (κ3) is 7.13. The number of alkyl halides is 2. The zero-order valence-electron chi connectivity index (χ0n) is 24.1. The van der Waals surface area contributed by atoms with E-state index in [4.69, 9.17) is 41.3 Å². The molecule has 0 atom stereocenters. The number of benzene rings is 3. The second-order valence-electron chi connectivity index (χ2n) is 10.2. The molecule has 0 unspecified atom stereocenters. The summed E-state index contributed by atoms with van der Waals surface area (Å²) in [5, 5.41) is 16.6. The summed E-state index contributed by atoms with van der Waals surface area (Å²) in [6, 6.07) is 22.5. The molecule has 4 heterocycles. The fourth-order valence-electron chi connectivity index (χ4n) is 4.68. The van der Waals surface area contributed by atoms with E-state index in [0.29, 0.717) is 71.5 Å². The van der Waals surface area contributed by atoms with Gasteiger partial charge in [0.15, 0.2) is 0 Å². The molecule has 0 saturated carbocycles. The van der Waals surface area contributed by atoms with Crippen LogP contribution in [0.25, 0.3) is 68.5 Å². The Bertz CT molecular complexity index is 1940. The highest BCUT2D eigenvalue weighted by atomic mass is 35.5. The van der Waals surface area contributed by atoms with Crippen LogP contribution in [0.5, 0.6) is 0 Å². The van der Waals surface area contributed by atoms with E-state index in [1.807, 2.05) is 72.8 Å². The van der Waals surface area contributed by atoms with Crippen molar-refractivity contribution < 1.29 is 18.1 Å². The van der Waals surface area contributed by atoms with E-state index in [-0.39, 0.29) is 7.43 Å². The van der Waals surface area contributed by atoms with Crippen LogP contribution in [-0.2, 0) is 12.8 Å². The van der Waals surface area contributed by atoms with Gasteiger partial charge in [0.2, 0.25) is 35.1 Å². The van der Waals surface area contributed by atoms with Crippen LogP contribution in [-0.4, -0.2) is 52.3 Å². The van der Waals surface area contributed by atoms with Gasteiger partial charge in [-0.25, -0.2) is 0 Å². The highest BCUT2D eigenvalue weighted by Crippen LogP contribution is 2.30. The van der Waals surface area contributed by atoms with Crippen molar-refractivity contribution >= 4 is 23.2 Å². The number of hydrogen-bond donors (Lipinski definition) is 0. The van der Waals surface area contributed by atoms with Crippen LogP contribution in [0.15, 0.2) is 90.9 Å². The lowest BCUT2D eigenvalue weighted by Crippen LogP contribution is -1.88. The predicted octanol–water partition coefficient (Wildman–Crippen LogP) is 8.20. The SMILES string of the molecule is C.ClCCCc1nc(-c2cccc(-c3nc(-c4cccc(-c5noc(-c6cccc(-c7noc(CCCCl)n7)c6)n5)c4)no3)c2)no1. The molecule has 0 aliphatic carbocycles. The first-order valence-corrected chi connectivity index (χ1v) is 15.5. The summed E-state index contributed by atoms with van der Waals surface area (Å²) in [4.78, 5) is 18.2. The minimum Gasteiger partial charge on any atom is -0.339 e. The molecule has 0 amide bonds. The Morgan fingerprint density at radius 1 is 0.447 bits per heavy atom. The lowest BCUT2D eigenvalue weighted by atomic mass is 10.1. The lowest BCUT2D eigenvalue weighted by molar-refractivity contribution is 0.378. The summed E-state index contributed by atoms with van der Waals surface area (Å²) in [6.45, 7) is 0. The highest BCUT2D eigenvalue weighted by molar-refractivity contribution is 6.18. The van der Waals surface area contributed by atoms with Gasteiger partial charge in [-0.15, -0.1) is 23.2 Å². The van der Waals surface area contributed by atoms with E-state index in [9.17, 15) is 0 Å². The molecule has 0 fully saturated rings. The normalized spacial score (nSPS) is 11.1. The minimum absolute atomic E-state index is 0. The summed E-state index contributed by atoms with van der Waals surface area (Å²) in [7, 11) is 0. The number of nitrogens with zero attached hydrogens (tertiary/aromatic N) is 8. The molecule has 47 heavy (non-hydrogen) atoms. The maximum absolute atomic E-state index is 5.78. The van der Waals surface area contributed by atoms with Crippen LogP contribution in [0, 0.1) is 0 Å². The molecule has 7 rings (SSSR count). The van der Waals surface area contributed by atoms with Gasteiger partial charge in [-0.1, -0.05) is 70.5 Å². The van der Waals surface area contributed by atoms with Crippen molar-refractivity contribution in [2.75, 3.05) is 11.8 Å². The summed E-state index contributed by atoms with van der Waals surface area (Å²) >= 11 is 11.6. The van der Waals surface area contributed by atoms with Crippen molar-refractivity contribution in [3.05, 3.63) is 84.6 Å². The van der Waals surface area contributed by atoms with Gasteiger partial charge in [0, 0.05) is 58.0 Å². The van der Waals surface area contributed by atoms with Crippen molar-refractivity contribution in [1.29, 1.82) is 0 Å². The molecular weight excluding hydrogens is 643 g/mol. The van der Waals surface area contributed by atoms with Gasteiger partial charge in [0.05, 0.1) is 0 Å². The van der Waals surface area contributed by atoms with E-state index in [1.54, 1.807) is 0 Å². The first-order chi connectivity index (χ1) is 22.7. The molecule has 12 nitrogen and oxygen atoms in total. The van der Waals surface area contributed by atoms with E-state index in [1.165, 1.54) is 0 Å². The van der Waals surface area contributed by atoms with Crippen molar-refractivity contribution in [2.24, 2.45) is 0 Å². The van der Waals surface area contributed by atoms with E-state index >= 15 is 0 Å². The van der Waals surface area contributed by atoms with Crippen molar-refractivity contribution in [3.8, 4) is 68.5 Å². The Balaban J connectivity index is 0.00000386. The van der Waals surface area contributed by atoms with Gasteiger partial charge in [-0.05, 0) is 43.2 Å². The lowest BCUT2D eigenvalue weighted by Gasteiger charge is -1.99. The van der Waals surface area contributed by atoms with Gasteiger partial charge in [-0.3, -0.25) is 0 Å². The Morgan fingerprint density at radius 3 is 1.19 bits per heavy atom. The number of hydrogen-bond acceptors (Lipinski definition) is 12. The van der Waals surface area contributed by atoms with Gasteiger partial charge >= 0.3 is 0 Å². The van der Waals surface area contributed by atoms with Gasteiger partial charge in [-0.2, -0.15) is 19.9 Å². The maximum atomic E-state index is 5.78. The molecule has 238 valence electrons. The van der Waals surface area contributed by atoms with Crippen LogP contribution in [0.4, 0.5) is 0 Å². The summed E-state index contributed by atoms with van der Waals surface area (Å²) in [5.41, 5.74) is 4.42. The van der Waals surface area contributed by atoms with Crippen molar-refractivity contribution in [2.45, 2.75) is 33.1 Å². The standard InChI is InChI=1S/C32H24Cl2N8O4.CH4/c33-14-4-12-25-35-27(39-43-25)21-8-2-10-23(17-21)31-37-29(41-45-31)19-6-1-7-20(16-19)30-38-32(46-42-30)24-11-3-9-22(18-24)28-36-26(44-40-28)13-5-15-34;/h1-3,6-11,16-18H,4-5,12-15H2;1H4. The van der Waals surface area contributed by atoms with Crippen molar-refractivity contribution in [1.82, 2.24) is 40.6 Å². The average Bonchev–Trinajstić information content (AvgIpc) is 3.94. The molecule has 0 aliphatic rings. The van der Waals surface area contributed by atoms with Crippen LogP contribution >= 0.6 is 23.2 Å². The largest absolute Gasteiger partial charge is 0.339 e. The van der Waals surface area contributed by atoms with Gasteiger partial charge in [0.1, 0.15) is 0 Å². The molecule has 0 saturated heterocycles. The van der Waals surface area contributed by atoms with Crippen LogP contribution in [0.1, 0.15) is 32.0 Å². The summed E-state index contributed by atoms with van der Waals surface area (Å²) < 4.78 is 21.9. The second-order valence-corrected chi connectivity index (χ2v) is 11.0. The van der Waals surface area contributed by atoms with Crippen LogP contribution in [0.2, 0.25) is 0 Å². The molecule has 0 aliphatic heterocycles. The fraction of sp³-hybridized carbons (Fsp3) is 0.212. The first kappa shape index (κ1) is 31.8. The molecule has 4 aromatic heterocycles. The molecule has 0 bridgehead atoms. The zero-order chi connectivity index (χ0) is 31.3. The Morgan fingerprint density at radius 2 is 0.787 bits per heavy atom. The first-order valence-electron chi connectivity index (χ1n) is 14.4. The predicted molar refractivity (Wildman–Crippen MR) is 175 cm³/mol.